The van der Waals surface area contributed by atoms with Crippen LogP contribution in [0.3, 0.4) is 0 Å². The van der Waals surface area contributed by atoms with E-state index < -0.39 is 0 Å². The molecule has 88 valence electrons. The molecule has 1 saturated heterocycles. The first kappa shape index (κ1) is 12.5. The van der Waals surface area contributed by atoms with E-state index in [0.29, 0.717) is 19.1 Å². The Morgan fingerprint density at radius 2 is 2.20 bits per heavy atom. The Kier molecular flexibility index (Phi) is 5.05. The summed E-state index contributed by atoms with van der Waals surface area (Å²) in [5.74, 6) is -0.0796. The number of hydrogen-bond donors (Lipinski definition) is 0. The topological polar surface area (TPSA) is 32.8 Å². The highest BCUT2D eigenvalue weighted by Crippen LogP contribution is 2.07. The minimum atomic E-state index is -0.0796. The van der Waals surface area contributed by atoms with Crippen molar-refractivity contribution in [3.8, 4) is 0 Å². The highest BCUT2D eigenvalue weighted by atomic mass is 16.5. The van der Waals surface area contributed by atoms with Gasteiger partial charge in [-0.1, -0.05) is 0 Å². The number of carbonyl (C=O) groups excluding carboxylic acids is 1. The van der Waals surface area contributed by atoms with E-state index in [2.05, 4.69) is 23.8 Å². The van der Waals surface area contributed by atoms with Crippen LogP contribution in [-0.4, -0.2) is 61.6 Å². The molecule has 0 radical (unpaired) electrons. The van der Waals surface area contributed by atoms with E-state index >= 15 is 0 Å². The lowest BCUT2D eigenvalue weighted by atomic mass is 10.2. The molecule has 0 aromatic rings. The third-order valence-corrected chi connectivity index (χ3v) is 2.98. The fourth-order valence-corrected chi connectivity index (χ4v) is 1.81. The molecule has 1 aliphatic heterocycles. The molecule has 0 saturated carbocycles. The maximum Gasteiger partial charge on any atom is 0.307 e. The Morgan fingerprint density at radius 3 is 2.80 bits per heavy atom. The highest BCUT2D eigenvalue weighted by molar-refractivity contribution is 5.69. The fraction of sp³-hybridized carbons (Fsp3) is 0.909. The average molecular weight is 214 g/mol. The van der Waals surface area contributed by atoms with Crippen LogP contribution in [0.4, 0.5) is 0 Å². The van der Waals surface area contributed by atoms with Crippen molar-refractivity contribution < 1.29 is 9.53 Å². The zero-order valence-corrected chi connectivity index (χ0v) is 10.0. The molecule has 15 heavy (non-hydrogen) atoms. The van der Waals surface area contributed by atoms with Crippen LogP contribution in [0.15, 0.2) is 0 Å². The Morgan fingerprint density at radius 1 is 1.47 bits per heavy atom. The smallest absolute Gasteiger partial charge is 0.307 e. The Balaban J connectivity index is 2.19. The molecular weight excluding hydrogens is 192 g/mol. The molecule has 0 spiro atoms. The van der Waals surface area contributed by atoms with Crippen molar-refractivity contribution in [2.24, 2.45) is 0 Å². The summed E-state index contributed by atoms with van der Waals surface area (Å²) in [6, 6.07) is 0.584. The van der Waals surface area contributed by atoms with Gasteiger partial charge in [0.25, 0.3) is 0 Å². The van der Waals surface area contributed by atoms with Gasteiger partial charge in [0.2, 0.25) is 0 Å². The van der Waals surface area contributed by atoms with Gasteiger partial charge < -0.3 is 9.64 Å². The zero-order valence-electron chi connectivity index (χ0n) is 10.0. The first-order chi connectivity index (χ1) is 7.13. The second-order valence-corrected chi connectivity index (χ2v) is 4.19. The largest absolute Gasteiger partial charge is 0.466 e. The molecule has 1 heterocycles. The second-order valence-electron chi connectivity index (χ2n) is 4.19. The van der Waals surface area contributed by atoms with E-state index in [1.54, 1.807) is 0 Å². The predicted octanol–water partition coefficient (Wildman–Crippen LogP) is 0.575. The molecular formula is C11H22N2O2. The van der Waals surface area contributed by atoms with Crippen molar-refractivity contribution in [2.45, 2.75) is 26.3 Å². The Labute approximate surface area is 92.2 Å². The third kappa shape index (κ3) is 4.18. The molecule has 1 unspecified atom stereocenters. The van der Waals surface area contributed by atoms with E-state index in [-0.39, 0.29) is 5.97 Å². The number of likely N-dealkylation sites (N-methyl/N-ethyl adjacent to an activating group) is 1. The maximum atomic E-state index is 11.2. The van der Waals surface area contributed by atoms with Crippen LogP contribution < -0.4 is 0 Å². The summed E-state index contributed by atoms with van der Waals surface area (Å²) in [4.78, 5) is 15.9. The summed E-state index contributed by atoms with van der Waals surface area (Å²) in [6.45, 7) is 8.57. The molecule has 0 aliphatic carbocycles. The lowest BCUT2D eigenvalue weighted by molar-refractivity contribution is -0.143. The number of piperazine rings is 1. The standard InChI is InChI=1S/C11H22N2O2/c1-4-15-11(14)5-6-13-8-7-12(3)10(2)9-13/h10H,4-9H2,1-3H3. The van der Waals surface area contributed by atoms with Crippen LogP contribution in [0.5, 0.6) is 0 Å². The lowest BCUT2D eigenvalue weighted by Crippen LogP contribution is -2.50. The van der Waals surface area contributed by atoms with E-state index in [9.17, 15) is 4.79 Å². The monoisotopic (exact) mass is 214 g/mol. The highest BCUT2D eigenvalue weighted by Gasteiger charge is 2.20. The molecule has 0 N–H and O–H groups in total. The second kappa shape index (κ2) is 6.08. The van der Waals surface area contributed by atoms with Gasteiger partial charge in [-0.05, 0) is 20.9 Å². The molecule has 0 aromatic carbocycles. The van der Waals surface area contributed by atoms with Gasteiger partial charge in [-0.2, -0.15) is 0 Å². The van der Waals surface area contributed by atoms with Crippen molar-refractivity contribution >= 4 is 5.97 Å². The molecule has 0 bridgehead atoms. The normalized spacial score (nSPS) is 24.1. The molecule has 4 nitrogen and oxygen atoms in total. The van der Waals surface area contributed by atoms with Gasteiger partial charge in [-0.25, -0.2) is 0 Å². The van der Waals surface area contributed by atoms with Gasteiger partial charge in [0.1, 0.15) is 0 Å². The van der Waals surface area contributed by atoms with Crippen molar-refractivity contribution in [1.82, 2.24) is 9.80 Å². The van der Waals surface area contributed by atoms with Crippen LogP contribution in [0.25, 0.3) is 0 Å². The summed E-state index contributed by atoms with van der Waals surface area (Å²) in [7, 11) is 2.15. The van der Waals surface area contributed by atoms with Crippen LogP contribution in [0.2, 0.25) is 0 Å². The maximum absolute atomic E-state index is 11.2. The third-order valence-electron chi connectivity index (χ3n) is 2.98. The first-order valence-corrected chi connectivity index (χ1v) is 5.71. The van der Waals surface area contributed by atoms with Crippen molar-refractivity contribution in [3.63, 3.8) is 0 Å². The Bertz CT molecular complexity index is 209. The van der Waals surface area contributed by atoms with Gasteiger partial charge in [0.15, 0.2) is 0 Å². The van der Waals surface area contributed by atoms with Gasteiger partial charge in [0.05, 0.1) is 13.0 Å². The quantitative estimate of drug-likeness (QED) is 0.641. The van der Waals surface area contributed by atoms with E-state index in [0.717, 1.165) is 26.2 Å². The molecule has 1 aliphatic rings. The number of hydrogen-bond acceptors (Lipinski definition) is 4. The summed E-state index contributed by atoms with van der Waals surface area (Å²) in [6.07, 6.45) is 0.518. The molecule has 1 rings (SSSR count). The lowest BCUT2D eigenvalue weighted by Gasteiger charge is -2.37. The van der Waals surface area contributed by atoms with Crippen molar-refractivity contribution in [1.29, 1.82) is 0 Å². The average Bonchev–Trinajstić information content (AvgIpc) is 2.20. The van der Waals surface area contributed by atoms with Gasteiger partial charge in [0, 0.05) is 32.2 Å². The van der Waals surface area contributed by atoms with E-state index in [1.807, 2.05) is 6.92 Å². The van der Waals surface area contributed by atoms with Crippen LogP contribution >= 0.6 is 0 Å². The summed E-state index contributed by atoms with van der Waals surface area (Å²) < 4.78 is 4.90. The van der Waals surface area contributed by atoms with Crippen LogP contribution in [-0.2, 0) is 9.53 Å². The molecule has 0 aromatic heterocycles. The summed E-state index contributed by atoms with van der Waals surface area (Å²) in [5.41, 5.74) is 0. The molecule has 4 heteroatoms. The number of esters is 1. The van der Waals surface area contributed by atoms with Gasteiger partial charge in [-0.3, -0.25) is 9.69 Å². The number of rotatable bonds is 4. The van der Waals surface area contributed by atoms with Crippen LogP contribution in [0.1, 0.15) is 20.3 Å². The van der Waals surface area contributed by atoms with E-state index in [1.165, 1.54) is 0 Å². The number of carbonyl (C=O) groups is 1. The SMILES string of the molecule is CCOC(=O)CCN1CCN(C)C(C)C1. The van der Waals surface area contributed by atoms with Crippen molar-refractivity contribution in [2.75, 3.05) is 39.8 Å². The zero-order chi connectivity index (χ0) is 11.3. The summed E-state index contributed by atoms with van der Waals surface area (Å²) in [5, 5.41) is 0. The van der Waals surface area contributed by atoms with Crippen LogP contribution in [0, 0.1) is 0 Å². The summed E-state index contributed by atoms with van der Waals surface area (Å²) >= 11 is 0. The molecule has 1 fully saturated rings. The molecule has 0 amide bonds. The van der Waals surface area contributed by atoms with Gasteiger partial charge >= 0.3 is 5.97 Å². The van der Waals surface area contributed by atoms with Crippen molar-refractivity contribution in [3.05, 3.63) is 0 Å². The Hall–Kier alpha value is -0.610. The minimum Gasteiger partial charge on any atom is -0.466 e. The van der Waals surface area contributed by atoms with E-state index in [4.69, 9.17) is 4.74 Å². The minimum absolute atomic E-state index is 0.0796. The number of ether oxygens (including phenoxy) is 1. The fourth-order valence-electron chi connectivity index (χ4n) is 1.81. The number of nitrogens with zero attached hydrogens (tertiary/aromatic N) is 2. The molecule has 1 atom stereocenters. The first-order valence-electron chi connectivity index (χ1n) is 5.71. The predicted molar refractivity (Wildman–Crippen MR) is 59.8 cm³/mol. The van der Waals surface area contributed by atoms with Gasteiger partial charge in [-0.15, -0.1) is 0 Å².